The van der Waals surface area contributed by atoms with E-state index in [1.165, 1.54) is 64.2 Å². The summed E-state index contributed by atoms with van der Waals surface area (Å²) in [6, 6.07) is 0. The molecule has 21 heavy (non-hydrogen) atoms. The first-order valence-electron chi connectivity index (χ1n) is 8.27. The molecule has 0 amide bonds. The van der Waals surface area contributed by atoms with Crippen molar-refractivity contribution in [2.75, 3.05) is 11.9 Å². The molecule has 2 aliphatic rings. The molecule has 0 spiro atoms. The van der Waals surface area contributed by atoms with Gasteiger partial charge in [-0.25, -0.2) is 0 Å². The Morgan fingerprint density at radius 2 is 1.29 bits per heavy atom. The molecule has 2 saturated carbocycles. The molecule has 0 aliphatic heterocycles. The van der Waals surface area contributed by atoms with Gasteiger partial charge in [-0.3, -0.25) is 4.55 Å². The van der Waals surface area contributed by atoms with Crippen LogP contribution in [0.15, 0.2) is 0 Å². The van der Waals surface area contributed by atoms with E-state index in [0.29, 0.717) is 6.42 Å². The monoisotopic (exact) mass is 344 g/mol. The van der Waals surface area contributed by atoms with Gasteiger partial charge in [0, 0.05) is 0 Å². The van der Waals surface area contributed by atoms with Gasteiger partial charge < -0.3 is 0 Å². The topological polar surface area (TPSA) is 54.4 Å². The minimum absolute atomic E-state index is 0. The fourth-order valence-electron chi connectivity index (χ4n) is 3.92. The summed E-state index contributed by atoms with van der Waals surface area (Å²) in [7, 11) is -3.80. The molecule has 0 radical (unpaired) electrons. The van der Waals surface area contributed by atoms with Crippen LogP contribution in [0.3, 0.4) is 0 Å². The molecule has 2 fully saturated rings. The molecule has 0 heterocycles. The van der Waals surface area contributed by atoms with Crippen LogP contribution in [-0.4, -0.2) is 65.8 Å². The van der Waals surface area contributed by atoms with E-state index < -0.39 is 10.1 Å². The third kappa shape index (κ3) is 7.63. The molecule has 0 bridgehead atoms. The molecule has 120 valence electrons. The summed E-state index contributed by atoms with van der Waals surface area (Å²) in [6.45, 7) is 0. The Morgan fingerprint density at radius 1 is 0.857 bits per heavy atom. The van der Waals surface area contributed by atoms with Gasteiger partial charge in [0.15, 0.2) is 0 Å². The average Bonchev–Trinajstić information content (AvgIpc) is 2.44. The van der Waals surface area contributed by atoms with E-state index in [1.54, 1.807) is 0 Å². The molecular formula is C15H30NaO3PS. The van der Waals surface area contributed by atoms with Crippen molar-refractivity contribution in [3.8, 4) is 0 Å². The van der Waals surface area contributed by atoms with E-state index in [4.69, 9.17) is 4.55 Å². The van der Waals surface area contributed by atoms with Crippen LogP contribution in [-0.2, 0) is 10.1 Å². The number of hydrogen-bond donors (Lipinski definition) is 1. The summed E-state index contributed by atoms with van der Waals surface area (Å²) in [4.78, 5) is 0. The van der Waals surface area contributed by atoms with Crippen LogP contribution >= 0.6 is 7.92 Å². The Hall–Kier alpha value is 1.34. The van der Waals surface area contributed by atoms with Crippen LogP contribution in [0, 0.1) is 0 Å². The molecule has 6 heteroatoms. The Kier molecular flexibility index (Phi) is 9.96. The van der Waals surface area contributed by atoms with Gasteiger partial charge in [-0.1, -0.05) is 38.5 Å². The van der Waals surface area contributed by atoms with Crippen molar-refractivity contribution in [2.24, 2.45) is 0 Å². The van der Waals surface area contributed by atoms with Crippen molar-refractivity contribution < 1.29 is 13.0 Å². The molecule has 0 aromatic heterocycles. The summed E-state index contributed by atoms with van der Waals surface area (Å²) in [6.07, 6.45) is 15.4. The van der Waals surface area contributed by atoms with Gasteiger partial charge in [0.2, 0.25) is 0 Å². The standard InChI is InChI=1S/C15H29O3PS.Na.H/c16-20(17,18)13-7-12-19(14-8-3-1-4-9-14)15-10-5-2-6-11-15;;/h14-15H,1-13H2,(H,16,17,18);;. The first-order chi connectivity index (χ1) is 9.56. The Labute approximate surface area is 153 Å². The predicted octanol–water partition coefficient (Wildman–Crippen LogP) is 3.76. The van der Waals surface area contributed by atoms with E-state index in [2.05, 4.69) is 0 Å². The van der Waals surface area contributed by atoms with Crippen LogP contribution in [0.1, 0.15) is 70.6 Å². The normalized spacial score (nSPS) is 22.2. The Morgan fingerprint density at radius 3 is 1.67 bits per heavy atom. The molecule has 0 unspecified atom stereocenters. The first-order valence-corrected chi connectivity index (χ1v) is 11.5. The predicted molar refractivity (Wildman–Crippen MR) is 93.7 cm³/mol. The van der Waals surface area contributed by atoms with E-state index in [1.807, 2.05) is 0 Å². The Bertz CT molecular complexity index is 358. The molecule has 0 atom stereocenters. The summed E-state index contributed by atoms with van der Waals surface area (Å²) in [5, 5.41) is 0. The van der Waals surface area contributed by atoms with Gasteiger partial charge in [0.05, 0.1) is 5.75 Å². The van der Waals surface area contributed by atoms with Gasteiger partial charge in [-0.15, -0.1) is 7.92 Å². The van der Waals surface area contributed by atoms with Crippen LogP contribution < -0.4 is 0 Å². The summed E-state index contributed by atoms with van der Waals surface area (Å²) < 4.78 is 30.8. The molecule has 0 aromatic carbocycles. The summed E-state index contributed by atoms with van der Waals surface area (Å²) in [5.74, 6) is -0.0364. The van der Waals surface area contributed by atoms with Crippen molar-refractivity contribution in [3.63, 3.8) is 0 Å². The van der Waals surface area contributed by atoms with Gasteiger partial charge in [0.25, 0.3) is 10.1 Å². The van der Waals surface area contributed by atoms with Gasteiger partial charge in [-0.2, -0.15) is 8.42 Å². The molecule has 0 aromatic rings. The molecule has 2 aliphatic carbocycles. The molecular weight excluding hydrogens is 314 g/mol. The fraction of sp³-hybridized carbons (Fsp3) is 1.00. The zero-order valence-corrected chi connectivity index (χ0v) is 14.2. The fourth-order valence-corrected chi connectivity index (χ4v) is 8.55. The average molecular weight is 344 g/mol. The van der Waals surface area contributed by atoms with Crippen LogP contribution in [0.2, 0.25) is 0 Å². The van der Waals surface area contributed by atoms with E-state index in [0.717, 1.165) is 17.5 Å². The maximum atomic E-state index is 10.9. The third-order valence-electron chi connectivity index (χ3n) is 4.91. The third-order valence-corrected chi connectivity index (χ3v) is 9.45. The zero-order chi connectivity index (χ0) is 14.4. The van der Waals surface area contributed by atoms with Crippen LogP contribution in [0.4, 0.5) is 0 Å². The summed E-state index contributed by atoms with van der Waals surface area (Å²) in [5.41, 5.74) is 1.76. The molecule has 1 N–H and O–H groups in total. The SMILES string of the molecule is O=S(=O)(O)CCCP(C1CCCCC1)C1CCCCC1.[NaH]. The van der Waals surface area contributed by atoms with Gasteiger partial charge in [0.1, 0.15) is 0 Å². The van der Waals surface area contributed by atoms with Crippen LogP contribution in [0.5, 0.6) is 0 Å². The van der Waals surface area contributed by atoms with Crippen molar-refractivity contribution in [3.05, 3.63) is 0 Å². The van der Waals surface area contributed by atoms with E-state index >= 15 is 0 Å². The number of hydrogen-bond acceptors (Lipinski definition) is 2. The van der Waals surface area contributed by atoms with Crippen molar-refractivity contribution >= 4 is 47.6 Å². The first kappa shape index (κ1) is 20.4. The van der Waals surface area contributed by atoms with E-state index in [9.17, 15) is 8.42 Å². The second kappa shape index (κ2) is 10.3. The quantitative estimate of drug-likeness (QED) is 0.453. The van der Waals surface area contributed by atoms with E-state index in [-0.39, 0.29) is 43.2 Å². The van der Waals surface area contributed by atoms with Gasteiger partial charge >= 0.3 is 29.6 Å². The van der Waals surface area contributed by atoms with Crippen molar-refractivity contribution in [1.82, 2.24) is 0 Å². The second-order valence-electron chi connectivity index (χ2n) is 6.46. The minimum atomic E-state index is -3.77. The van der Waals surface area contributed by atoms with Crippen LogP contribution in [0.25, 0.3) is 0 Å². The van der Waals surface area contributed by atoms with Crippen molar-refractivity contribution in [1.29, 1.82) is 0 Å². The van der Waals surface area contributed by atoms with Crippen molar-refractivity contribution in [2.45, 2.75) is 81.9 Å². The Balaban J connectivity index is 0.00000220. The zero-order valence-electron chi connectivity index (χ0n) is 12.5. The second-order valence-corrected chi connectivity index (χ2v) is 11.0. The molecule has 3 nitrogen and oxygen atoms in total. The summed E-state index contributed by atoms with van der Waals surface area (Å²) >= 11 is 0. The molecule has 0 saturated heterocycles. The maximum absolute atomic E-state index is 10.9. The van der Waals surface area contributed by atoms with Gasteiger partial charge in [-0.05, 0) is 49.6 Å². The molecule has 2 rings (SSSR count). The number of rotatable bonds is 6.